The van der Waals surface area contributed by atoms with E-state index in [0.29, 0.717) is 11.1 Å². The highest BCUT2D eigenvalue weighted by Crippen LogP contribution is 2.63. The second kappa shape index (κ2) is 2.81. The number of alkyl halides is 5. The summed E-state index contributed by atoms with van der Waals surface area (Å²) in [5.74, 6) is -4.82. The standard InChI is InChI=1S/C10H9F5N2/c1-17-8-6(7(16-17)10(13,14)15)4-2-3-5(4)9(8,11)12/h4-5H,2-3H2,1H3/t4-,5+/m0/s1. The van der Waals surface area contributed by atoms with Gasteiger partial charge < -0.3 is 0 Å². The van der Waals surface area contributed by atoms with Crippen LogP contribution in [0.15, 0.2) is 0 Å². The molecule has 2 aliphatic carbocycles. The molecular weight excluding hydrogens is 243 g/mol. The van der Waals surface area contributed by atoms with Gasteiger partial charge in [0.2, 0.25) is 0 Å². The van der Waals surface area contributed by atoms with Gasteiger partial charge in [0.1, 0.15) is 5.69 Å². The van der Waals surface area contributed by atoms with E-state index in [0.717, 1.165) is 7.05 Å². The molecule has 2 atom stereocenters. The third kappa shape index (κ3) is 1.17. The van der Waals surface area contributed by atoms with Crippen molar-refractivity contribution in [1.29, 1.82) is 0 Å². The van der Waals surface area contributed by atoms with Crippen molar-refractivity contribution in [3.63, 3.8) is 0 Å². The van der Waals surface area contributed by atoms with E-state index in [1.54, 1.807) is 0 Å². The van der Waals surface area contributed by atoms with Crippen molar-refractivity contribution in [2.45, 2.75) is 30.9 Å². The SMILES string of the molecule is Cn1nc(C(F)(F)F)c2c1C(F)(F)[C@@H]1CC[C@H]21. The van der Waals surface area contributed by atoms with E-state index in [4.69, 9.17) is 0 Å². The van der Waals surface area contributed by atoms with Gasteiger partial charge in [-0.3, -0.25) is 4.68 Å². The molecule has 2 nitrogen and oxygen atoms in total. The Hall–Kier alpha value is -1.14. The fourth-order valence-electron chi connectivity index (χ4n) is 2.95. The van der Waals surface area contributed by atoms with Crippen LogP contribution in [-0.4, -0.2) is 9.78 Å². The molecule has 2 aliphatic rings. The largest absolute Gasteiger partial charge is 0.435 e. The zero-order valence-corrected chi connectivity index (χ0v) is 8.85. The van der Waals surface area contributed by atoms with Gasteiger partial charge in [-0.1, -0.05) is 0 Å². The normalized spacial score (nSPS) is 29.8. The highest BCUT2D eigenvalue weighted by Gasteiger charge is 2.63. The first-order valence-corrected chi connectivity index (χ1v) is 5.27. The highest BCUT2D eigenvalue weighted by molar-refractivity contribution is 5.43. The first-order valence-electron chi connectivity index (χ1n) is 5.27. The molecule has 3 rings (SSSR count). The summed E-state index contributed by atoms with van der Waals surface area (Å²) in [6, 6.07) is 0. The maximum Gasteiger partial charge on any atom is 0.435 e. The monoisotopic (exact) mass is 252 g/mol. The van der Waals surface area contributed by atoms with Gasteiger partial charge in [0, 0.05) is 18.5 Å². The number of hydrogen-bond donors (Lipinski definition) is 0. The summed E-state index contributed by atoms with van der Waals surface area (Å²) in [4.78, 5) is 0. The summed E-state index contributed by atoms with van der Waals surface area (Å²) < 4.78 is 66.6. The van der Waals surface area contributed by atoms with E-state index in [-0.39, 0.29) is 12.0 Å². The van der Waals surface area contributed by atoms with E-state index in [1.165, 1.54) is 0 Å². The molecule has 17 heavy (non-hydrogen) atoms. The van der Waals surface area contributed by atoms with Gasteiger partial charge in [-0.15, -0.1) is 0 Å². The molecule has 0 spiro atoms. The number of halogens is 5. The van der Waals surface area contributed by atoms with Crippen molar-refractivity contribution in [3.05, 3.63) is 17.0 Å². The van der Waals surface area contributed by atoms with Gasteiger partial charge in [0.25, 0.3) is 5.92 Å². The van der Waals surface area contributed by atoms with E-state index in [1.807, 2.05) is 0 Å². The van der Waals surface area contributed by atoms with Gasteiger partial charge in [0.15, 0.2) is 5.69 Å². The summed E-state index contributed by atoms with van der Waals surface area (Å²) in [5, 5.41) is 3.23. The summed E-state index contributed by atoms with van der Waals surface area (Å²) in [5.41, 5.74) is -1.96. The highest BCUT2D eigenvalue weighted by atomic mass is 19.4. The van der Waals surface area contributed by atoms with Gasteiger partial charge in [-0.05, 0) is 18.8 Å². The molecule has 0 radical (unpaired) electrons. The Morgan fingerprint density at radius 3 is 2.41 bits per heavy atom. The smallest absolute Gasteiger partial charge is 0.266 e. The Labute approximate surface area is 93.4 Å². The Bertz CT molecular complexity index is 488. The van der Waals surface area contributed by atoms with Crippen molar-refractivity contribution in [3.8, 4) is 0 Å². The summed E-state index contributed by atoms with van der Waals surface area (Å²) in [6.07, 6.45) is -3.99. The lowest BCUT2D eigenvalue weighted by Gasteiger charge is -2.34. The molecule has 0 unspecified atom stereocenters. The predicted molar refractivity (Wildman–Crippen MR) is 47.6 cm³/mol. The lowest BCUT2D eigenvalue weighted by atomic mass is 9.73. The number of aromatic nitrogens is 2. The lowest BCUT2D eigenvalue weighted by Crippen LogP contribution is -2.32. The van der Waals surface area contributed by atoms with Crippen LogP contribution in [-0.2, 0) is 19.1 Å². The number of fused-ring (bicyclic) bond motifs is 3. The van der Waals surface area contributed by atoms with Crippen LogP contribution < -0.4 is 0 Å². The Kier molecular flexibility index (Phi) is 1.82. The van der Waals surface area contributed by atoms with E-state index < -0.39 is 35.3 Å². The summed E-state index contributed by atoms with van der Waals surface area (Å²) in [7, 11) is 1.15. The molecule has 1 aromatic rings. The molecule has 1 fully saturated rings. The minimum absolute atomic E-state index is 0.277. The zero-order valence-electron chi connectivity index (χ0n) is 8.85. The van der Waals surface area contributed by atoms with Crippen LogP contribution in [0.5, 0.6) is 0 Å². The first-order chi connectivity index (χ1) is 7.74. The quantitative estimate of drug-likeness (QED) is 0.649. The number of nitrogens with zero attached hydrogens (tertiary/aromatic N) is 2. The van der Waals surface area contributed by atoms with Crippen molar-refractivity contribution >= 4 is 0 Å². The Balaban J connectivity index is 2.24. The Morgan fingerprint density at radius 1 is 1.29 bits per heavy atom. The Morgan fingerprint density at radius 2 is 1.94 bits per heavy atom. The molecular formula is C10H9F5N2. The molecule has 0 amide bonds. The fraction of sp³-hybridized carbons (Fsp3) is 0.700. The maximum absolute atomic E-state index is 13.9. The third-order valence-corrected chi connectivity index (χ3v) is 3.78. The third-order valence-electron chi connectivity index (χ3n) is 3.78. The molecule has 1 saturated carbocycles. The number of hydrogen-bond acceptors (Lipinski definition) is 1. The summed E-state index contributed by atoms with van der Waals surface area (Å²) in [6.45, 7) is 0. The zero-order chi connectivity index (χ0) is 12.6. The summed E-state index contributed by atoms with van der Waals surface area (Å²) >= 11 is 0. The van der Waals surface area contributed by atoms with E-state index in [2.05, 4.69) is 5.10 Å². The van der Waals surface area contributed by atoms with Gasteiger partial charge in [-0.2, -0.15) is 27.1 Å². The predicted octanol–water partition coefficient (Wildman–Crippen LogP) is 3.04. The number of rotatable bonds is 0. The molecule has 0 bridgehead atoms. The molecule has 1 aromatic heterocycles. The molecule has 0 aliphatic heterocycles. The minimum Gasteiger partial charge on any atom is -0.266 e. The van der Waals surface area contributed by atoms with Crippen LogP contribution in [0.1, 0.15) is 35.7 Å². The van der Waals surface area contributed by atoms with E-state index in [9.17, 15) is 22.0 Å². The van der Waals surface area contributed by atoms with Crippen molar-refractivity contribution in [1.82, 2.24) is 9.78 Å². The number of aryl methyl sites for hydroxylation is 1. The first kappa shape index (κ1) is 11.0. The topological polar surface area (TPSA) is 17.8 Å². The van der Waals surface area contributed by atoms with Crippen LogP contribution in [0.3, 0.4) is 0 Å². The van der Waals surface area contributed by atoms with Crippen LogP contribution in [0.2, 0.25) is 0 Å². The minimum atomic E-state index is -4.66. The van der Waals surface area contributed by atoms with Crippen molar-refractivity contribution < 1.29 is 22.0 Å². The molecule has 94 valence electrons. The second-order valence-electron chi connectivity index (χ2n) is 4.65. The average Bonchev–Trinajstić information content (AvgIpc) is 2.45. The molecule has 0 N–H and O–H groups in total. The van der Waals surface area contributed by atoms with Crippen LogP contribution in [0.4, 0.5) is 22.0 Å². The van der Waals surface area contributed by atoms with Crippen LogP contribution >= 0.6 is 0 Å². The van der Waals surface area contributed by atoms with E-state index >= 15 is 0 Å². The molecule has 0 aromatic carbocycles. The van der Waals surface area contributed by atoms with Crippen molar-refractivity contribution in [2.75, 3.05) is 0 Å². The van der Waals surface area contributed by atoms with Gasteiger partial charge in [0.05, 0.1) is 0 Å². The van der Waals surface area contributed by atoms with Crippen LogP contribution in [0.25, 0.3) is 0 Å². The molecule has 1 heterocycles. The fourth-order valence-corrected chi connectivity index (χ4v) is 2.95. The average molecular weight is 252 g/mol. The van der Waals surface area contributed by atoms with Gasteiger partial charge >= 0.3 is 6.18 Å². The lowest BCUT2D eigenvalue weighted by molar-refractivity contribution is -0.143. The molecule has 7 heteroatoms. The van der Waals surface area contributed by atoms with Gasteiger partial charge in [-0.25, -0.2) is 0 Å². The maximum atomic E-state index is 13.9. The van der Waals surface area contributed by atoms with Crippen LogP contribution in [0, 0.1) is 5.92 Å². The molecule has 0 saturated heterocycles. The second-order valence-corrected chi connectivity index (χ2v) is 4.65. The van der Waals surface area contributed by atoms with Crippen molar-refractivity contribution in [2.24, 2.45) is 13.0 Å².